The summed E-state index contributed by atoms with van der Waals surface area (Å²) in [5.41, 5.74) is 0.434. The van der Waals surface area contributed by atoms with Gasteiger partial charge in [-0.1, -0.05) is 18.2 Å². The lowest BCUT2D eigenvalue weighted by molar-refractivity contribution is 0.0444. The molecule has 4 nitrogen and oxygen atoms in total. The van der Waals surface area contributed by atoms with Crippen LogP contribution in [0.1, 0.15) is 33.2 Å². The molecule has 0 atom stereocenters. The predicted molar refractivity (Wildman–Crippen MR) is 77.9 cm³/mol. The van der Waals surface area contributed by atoms with Crippen LogP contribution in [0, 0.1) is 11.6 Å². The Hall–Kier alpha value is -2.76. The van der Waals surface area contributed by atoms with E-state index in [0.717, 1.165) is 12.1 Å². The molecule has 0 spiro atoms. The Balaban J connectivity index is 2.11. The van der Waals surface area contributed by atoms with Crippen LogP contribution in [0.15, 0.2) is 42.5 Å². The molecule has 0 saturated carbocycles. The summed E-state index contributed by atoms with van der Waals surface area (Å²) < 4.78 is 35.9. The third kappa shape index (κ3) is 4.12. The molecule has 0 N–H and O–H groups in total. The van der Waals surface area contributed by atoms with Gasteiger partial charge < -0.3 is 9.47 Å². The summed E-state index contributed by atoms with van der Waals surface area (Å²) in [6.45, 7) is 1.59. The lowest BCUT2D eigenvalue weighted by atomic mass is 10.1. The number of hydrogen-bond donors (Lipinski definition) is 0. The summed E-state index contributed by atoms with van der Waals surface area (Å²) in [6, 6.07) is 9.26. The van der Waals surface area contributed by atoms with Gasteiger partial charge in [-0.2, -0.15) is 0 Å². The molecule has 0 unspecified atom stereocenters. The van der Waals surface area contributed by atoms with E-state index >= 15 is 0 Å². The highest BCUT2D eigenvalue weighted by atomic mass is 19.2. The van der Waals surface area contributed by atoms with Crippen molar-refractivity contribution in [1.29, 1.82) is 0 Å². The second-order valence-electron chi connectivity index (χ2n) is 4.59. The van der Waals surface area contributed by atoms with Crippen molar-refractivity contribution < 1.29 is 27.8 Å². The van der Waals surface area contributed by atoms with E-state index in [-0.39, 0.29) is 24.3 Å². The minimum Gasteiger partial charge on any atom is -0.462 e. The van der Waals surface area contributed by atoms with Crippen LogP contribution in [0.4, 0.5) is 8.78 Å². The Morgan fingerprint density at radius 2 is 1.52 bits per heavy atom. The maximum absolute atomic E-state index is 13.1. The van der Waals surface area contributed by atoms with Crippen molar-refractivity contribution in [3.63, 3.8) is 0 Å². The molecule has 0 saturated heterocycles. The van der Waals surface area contributed by atoms with Crippen molar-refractivity contribution in [2.24, 2.45) is 0 Å². The van der Waals surface area contributed by atoms with Gasteiger partial charge >= 0.3 is 11.9 Å². The van der Waals surface area contributed by atoms with Gasteiger partial charge in [0, 0.05) is 0 Å². The lowest BCUT2D eigenvalue weighted by Gasteiger charge is -2.09. The molecule has 6 heteroatoms. The Labute approximate surface area is 131 Å². The first-order chi connectivity index (χ1) is 11.0. The van der Waals surface area contributed by atoms with Crippen LogP contribution in [0.2, 0.25) is 0 Å². The highest BCUT2D eigenvalue weighted by Gasteiger charge is 2.18. The van der Waals surface area contributed by atoms with E-state index in [9.17, 15) is 18.4 Å². The Morgan fingerprint density at radius 3 is 2.09 bits per heavy atom. The number of carbonyl (C=O) groups is 2. The summed E-state index contributed by atoms with van der Waals surface area (Å²) in [7, 11) is 0. The number of halogens is 2. The predicted octanol–water partition coefficient (Wildman–Crippen LogP) is 3.50. The highest BCUT2D eigenvalue weighted by molar-refractivity contribution is 6.03. The van der Waals surface area contributed by atoms with Gasteiger partial charge in [-0.3, -0.25) is 0 Å². The van der Waals surface area contributed by atoms with Crippen LogP contribution in [0.5, 0.6) is 0 Å². The summed E-state index contributed by atoms with van der Waals surface area (Å²) in [6.07, 6.45) is 0. The Kier molecular flexibility index (Phi) is 5.41. The minimum absolute atomic E-state index is 0.0496. The maximum Gasteiger partial charge on any atom is 0.339 e. The van der Waals surface area contributed by atoms with E-state index in [2.05, 4.69) is 0 Å². The first-order valence-corrected chi connectivity index (χ1v) is 6.90. The topological polar surface area (TPSA) is 52.6 Å². The van der Waals surface area contributed by atoms with Crippen molar-refractivity contribution in [3.05, 3.63) is 70.8 Å². The first-order valence-electron chi connectivity index (χ1n) is 6.90. The molecule has 0 fully saturated rings. The first kappa shape index (κ1) is 16.6. The third-order valence-corrected chi connectivity index (χ3v) is 3.00. The SMILES string of the molecule is CCOC(=O)c1ccccc1C(=O)OCc1ccc(F)c(F)c1. The zero-order chi connectivity index (χ0) is 16.8. The summed E-state index contributed by atoms with van der Waals surface area (Å²) >= 11 is 0. The molecule has 0 amide bonds. The van der Waals surface area contributed by atoms with Crippen molar-refractivity contribution in [1.82, 2.24) is 0 Å². The second-order valence-corrected chi connectivity index (χ2v) is 4.59. The zero-order valence-corrected chi connectivity index (χ0v) is 12.3. The molecule has 0 aliphatic carbocycles. The molecule has 2 rings (SSSR count). The zero-order valence-electron chi connectivity index (χ0n) is 12.3. The van der Waals surface area contributed by atoms with Crippen molar-refractivity contribution in [2.75, 3.05) is 6.61 Å². The molecule has 0 aliphatic heterocycles. The average Bonchev–Trinajstić information content (AvgIpc) is 2.56. The highest BCUT2D eigenvalue weighted by Crippen LogP contribution is 2.14. The Morgan fingerprint density at radius 1 is 0.913 bits per heavy atom. The number of esters is 2. The van der Waals surface area contributed by atoms with E-state index in [0.29, 0.717) is 5.56 Å². The van der Waals surface area contributed by atoms with Gasteiger partial charge in [-0.25, -0.2) is 18.4 Å². The summed E-state index contributed by atoms with van der Waals surface area (Å²) in [5, 5.41) is 0. The Bertz CT molecular complexity index is 728. The largest absolute Gasteiger partial charge is 0.462 e. The van der Waals surface area contributed by atoms with E-state index in [1.165, 1.54) is 18.2 Å². The van der Waals surface area contributed by atoms with Gasteiger partial charge in [0.1, 0.15) is 6.61 Å². The molecule has 2 aromatic carbocycles. The molecule has 23 heavy (non-hydrogen) atoms. The summed E-state index contributed by atoms with van der Waals surface area (Å²) in [5.74, 6) is -3.38. The number of hydrogen-bond acceptors (Lipinski definition) is 4. The van der Waals surface area contributed by atoms with Crippen LogP contribution in [-0.4, -0.2) is 18.5 Å². The molecule has 0 heterocycles. The van der Waals surface area contributed by atoms with E-state index in [1.54, 1.807) is 19.1 Å². The smallest absolute Gasteiger partial charge is 0.339 e. The molecule has 120 valence electrons. The molecule has 0 radical (unpaired) electrons. The molecule has 0 aromatic heterocycles. The van der Waals surface area contributed by atoms with Crippen LogP contribution in [0.25, 0.3) is 0 Å². The van der Waals surface area contributed by atoms with Gasteiger partial charge in [-0.15, -0.1) is 0 Å². The van der Waals surface area contributed by atoms with Crippen LogP contribution < -0.4 is 0 Å². The normalized spacial score (nSPS) is 10.2. The quantitative estimate of drug-likeness (QED) is 0.791. The fourth-order valence-corrected chi connectivity index (χ4v) is 1.90. The molecule has 0 aliphatic rings. The van der Waals surface area contributed by atoms with E-state index in [4.69, 9.17) is 9.47 Å². The summed E-state index contributed by atoms with van der Waals surface area (Å²) in [4.78, 5) is 23.9. The van der Waals surface area contributed by atoms with Crippen LogP contribution in [0.3, 0.4) is 0 Å². The van der Waals surface area contributed by atoms with Crippen molar-refractivity contribution >= 4 is 11.9 Å². The fraction of sp³-hybridized carbons (Fsp3) is 0.176. The monoisotopic (exact) mass is 320 g/mol. The van der Waals surface area contributed by atoms with E-state index < -0.39 is 23.6 Å². The number of benzene rings is 2. The van der Waals surface area contributed by atoms with Gasteiger partial charge in [0.05, 0.1) is 17.7 Å². The average molecular weight is 320 g/mol. The fourth-order valence-electron chi connectivity index (χ4n) is 1.90. The van der Waals surface area contributed by atoms with Gasteiger partial charge in [0.15, 0.2) is 11.6 Å². The molecule has 2 aromatic rings. The number of rotatable bonds is 5. The van der Waals surface area contributed by atoms with Gasteiger partial charge in [0.25, 0.3) is 0 Å². The van der Waals surface area contributed by atoms with E-state index in [1.807, 2.05) is 0 Å². The number of ether oxygens (including phenoxy) is 2. The van der Waals surface area contributed by atoms with Crippen LogP contribution in [-0.2, 0) is 16.1 Å². The molecular weight excluding hydrogens is 306 g/mol. The van der Waals surface area contributed by atoms with Crippen LogP contribution >= 0.6 is 0 Å². The van der Waals surface area contributed by atoms with Crippen molar-refractivity contribution in [2.45, 2.75) is 13.5 Å². The second kappa shape index (κ2) is 7.49. The maximum atomic E-state index is 13.1. The van der Waals surface area contributed by atoms with Gasteiger partial charge in [-0.05, 0) is 36.8 Å². The van der Waals surface area contributed by atoms with Gasteiger partial charge in [0.2, 0.25) is 0 Å². The number of carbonyl (C=O) groups excluding carboxylic acids is 2. The minimum atomic E-state index is -1.02. The molecular formula is C17H14F2O4. The third-order valence-electron chi connectivity index (χ3n) is 3.00. The lowest BCUT2D eigenvalue weighted by Crippen LogP contribution is -2.14. The van der Waals surface area contributed by atoms with Crippen molar-refractivity contribution in [3.8, 4) is 0 Å². The molecule has 0 bridgehead atoms. The standard InChI is InChI=1S/C17H14F2O4/c1-2-22-16(20)12-5-3-4-6-13(12)17(21)23-10-11-7-8-14(18)15(19)9-11/h3-9H,2,10H2,1H3.